The third-order valence-electron chi connectivity index (χ3n) is 4.70. The van der Waals surface area contributed by atoms with Crippen molar-refractivity contribution in [1.82, 2.24) is 0 Å². The third kappa shape index (κ3) is 3.69. The molecule has 0 saturated carbocycles. The first-order valence-electron chi connectivity index (χ1n) is 8.49. The Morgan fingerprint density at radius 3 is 2.73 bits per heavy atom. The maximum absolute atomic E-state index is 13.8. The molecule has 1 heterocycles. The van der Waals surface area contributed by atoms with E-state index in [-0.39, 0.29) is 24.6 Å². The summed E-state index contributed by atoms with van der Waals surface area (Å²) < 4.78 is 18.7. The lowest BCUT2D eigenvalue weighted by atomic mass is 9.91. The SMILES string of the molecule is COc1ccc(CCC(=O)N2CC(C(N)=O)Cc3ccccc32)cc1F. The number of rotatable bonds is 5. The van der Waals surface area contributed by atoms with E-state index in [0.717, 1.165) is 11.3 Å². The van der Waals surface area contributed by atoms with Gasteiger partial charge in [0.15, 0.2) is 11.6 Å². The molecule has 1 aliphatic heterocycles. The first kappa shape index (κ1) is 17.9. The molecule has 1 unspecified atom stereocenters. The maximum atomic E-state index is 13.8. The number of primary amides is 1. The van der Waals surface area contributed by atoms with Crippen molar-refractivity contribution in [3.63, 3.8) is 0 Å². The van der Waals surface area contributed by atoms with E-state index >= 15 is 0 Å². The van der Waals surface area contributed by atoms with Gasteiger partial charge in [0.25, 0.3) is 0 Å². The number of halogens is 1. The van der Waals surface area contributed by atoms with Crippen LogP contribution in [-0.4, -0.2) is 25.5 Å². The van der Waals surface area contributed by atoms with E-state index in [0.29, 0.717) is 18.4 Å². The Balaban J connectivity index is 1.74. The normalized spacial score (nSPS) is 16.1. The second kappa shape index (κ2) is 7.56. The van der Waals surface area contributed by atoms with Crippen LogP contribution in [-0.2, 0) is 22.4 Å². The first-order valence-corrected chi connectivity index (χ1v) is 8.49. The summed E-state index contributed by atoms with van der Waals surface area (Å²) in [6.07, 6.45) is 1.16. The van der Waals surface area contributed by atoms with Crippen molar-refractivity contribution in [3.05, 3.63) is 59.4 Å². The number of carbonyl (C=O) groups excluding carboxylic acids is 2. The van der Waals surface area contributed by atoms with Gasteiger partial charge in [-0.3, -0.25) is 9.59 Å². The van der Waals surface area contributed by atoms with Gasteiger partial charge in [-0.15, -0.1) is 0 Å². The number of aryl methyl sites for hydroxylation is 1. The molecule has 5 nitrogen and oxygen atoms in total. The maximum Gasteiger partial charge on any atom is 0.227 e. The van der Waals surface area contributed by atoms with Crippen molar-refractivity contribution < 1.29 is 18.7 Å². The average Bonchev–Trinajstić information content (AvgIpc) is 2.65. The smallest absolute Gasteiger partial charge is 0.227 e. The molecule has 136 valence electrons. The highest BCUT2D eigenvalue weighted by Crippen LogP contribution is 2.30. The number of ether oxygens (including phenoxy) is 1. The summed E-state index contributed by atoms with van der Waals surface area (Å²) in [7, 11) is 1.41. The second-order valence-corrected chi connectivity index (χ2v) is 6.41. The van der Waals surface area contributed by atoms with Gasteiger partial charge >= 0.3 is 0 Å². The fraction of sp³-hybridized carbons (Fsp3) is 0.300. The molecule has 0 saturated heterocycles. The largest absolute Gasteiger partial charge is 0.494 e. The van der Waals surface area contributed by atoms with Crippen LogP contribution in [0.4, 0.5) is 10.1 Å². The molecule has 0 aromatic heterocycles. The number of anilines is 1. The van der Waals surface area contributed by atoms with Gasteiger partial charge in [0.1, 0.15) is 0 Å². The van der Waals surface area contributed by atoms with Crippen LogP contribution in [0, 0.1) is 11.7 Å². The molecule has 0 radical (unpaired) electrons. The molecule has 0 spiro atoms. The zero-order chi connectivity index (χ0) is 18.7. The fourth-order valence-corrected chi connectivity index (χ4v) is 3.27. The number of hydrogen-bond donors (Lipinski definition) is 1. The van der Waals surface area contributed by atoms with Gasteiger partial charge in [-0.25, -0.2) is 4.39 Å². The number of para-hydroxylation sites is 1. The molecule has 0 fully saturated rings. The molecule has 1 atom stereocenters. The molecule has 2 aromatic rings. The molecular formula is C20H21FN2O3. The molecule has 2 amide bonds. The van der Waals surface area contributed by atoms with E-state index < -0.39 is 17.6 Å². The van der Waals surface area contributed by atoms with Crippen LogP contribution in [0.5, 0.6) is 5.75 Å². The van der Waals surface area contributed by atoms with Crippen molar-refractivity contribution in [2.75, 3.05) is 18.6 Å². The lowest BCUT2D eigenvalue weighted by Gasteiger charge is -2.33. The number of carbonyl (C=O) groups is 2. The molecule has 3 rings (SSSR count). The number of benzene rings is 2. The standard InChI is InChI=1S/C20H21FN2O3/c1-26-18-8-6-13(10-16(18)21)7-9-19(24)23-12-15(20(22)25)11-14-4-2-3-5-17(14)23/h2-6,8,10,15H,7,9,11-12H2,1H3,(H2,22,25). The minimum Gasteiger partial charge on any atom is -0.494 e. The molecule has 2 N–H and O–H groups in total. The Bertz CT molecular complexity index is 838. The van der Waals surface area contributed by atoms with Crippen LogP contribution in [0.3, 0.4) is 0 Å². The van der Waals surface area contributed by atoms with Gasteiger partial charge in [-0.2, -0.15) is 0 Å². The molecule has 6 heteroatoms. The summed E-state index contributed by atoms with van der Waals surface area (Å²) in [6.45, 7) is 0.280. The summed E-state index contributed by atoms with van der Waals surface area (Å²) in [4.78, 5) is 26.0. The number of nitrogens with zero attached hydrogens (tertiary/aromatic N) is 1. The predicted octanol–water partition coefficient (Wildman–Crippen LogP) is 2.46. The highest BCUT2D eigenvalue weighted by atomic mass is 19.1. The Labute approximate surface area is 151 Å². The minimum atomic E-state index is -0.449. The van der Waals surface area contributed by atoms with Crippen LogP contribution in [0.25, 0.3) is 0 Å². The molecule has 2 aromatic carbocycles. The summed E-state index contributed by atoms with van der Waals surface area (Å²) in [5, 5.41) is 0. The Morgan fingerprint density at radius 2 is 2.04 bits per heavy atom. The summed E-state index contributed by atoms with van der Waals surface area (Å²) in [5.41, 5.74) is 7.93. The number of fused-ring (bicyclic) bond motifs is 1. The van der Waals surface area contributed by atoms with E-state index in [2.05, 4.69) is 0 Å². The number of nitrogens with two attached hydrogens (primary N) is 1. The zero-order valence-electron chi connectivity index (χ0n) is 14.6. The summed E-state index contributed by atoms with van der Waals surface area (Å²) >= 11 is 0. The van der Waals surface area contributed by atoms with Gasteiger partial charge in [-0.05, 0) is 42.2 Å². The van der Waals surface area contributed by atoms with Gasteiger partial charge in [0, 0.05) is 18.7 Å². The lowest BCUT2D eigenvalue weighted by Crippen LogP contribution is -2.44. The summed E-state index contributed by atoms with van der Waals surface area (Å²) in [6, 6.07) is 12.2. The van der Waals surface area contributed by atoms with E-state index in [9.17, 15) is 14.0 Å². The highest BCUT2D eigenvalue weighted by molar-refractivity contribution is 5.96. The molecule has 0 bridgehead atoms. The fourth-order valence-electron chi connectivity index (χ4n) is 3.27. The average molecular weight is 356 g/mol. The van der Waals surface area contributed by atoms with Crippen LogP contribution in [0.2, 0.25) is 0 Å². The first-order chi connectivity index (χ1) is 12.5. The van der Waals surface area contributed by atoms with Crippen molar-refractivity contribution >= 4 is 17.5 Å². The zero-order valence-corrected chi connectivity index (χ0v) is 14.6. The monoisotopic (exact) mass is 356 g/mol. The number of hydrogen-bond acceptors (Lipinski definition) is 3. The molecule has 0 aliphatic carbocycles. The van der Waals surface area contributed by atoms with Crippen molar-refractivity contribution in [1.29, 1.82) is 0 Å². The molecular weight excluding hydrogens is 335 g/mol. The topological polar surface area (TPSA) is 72.6 Å². The van der Waals surface area contributed by atoms with Crippen molar-refractivity contribution in [3.8, 4) is 5.75 Å². The van der Waals surface area contributed by atoms with E-state index in [1.165, 1.54) is 13.2 Å². The number of methoxy groups -OCH3 is 1. The van der Waals surface area contributed by atoms with Crippen LogP contribution < -0.4 is 15.4 Å². The van der Waals surface area contributed by atoms with Gasteiger partial charge in [0.05, 0.1) is 13.0 Å². The van der Waals surface area contributed by atoms with Gasteiger partial charge in [0.2, 0.25) is 11.8 Å². The number of amides is 2. The predicted molar refractivity (Wildman–Crippen MR) is 96.5 cm³/mol. The van der Waals surface area contributed by atoms with Crippen LogP contribution >= 0.6 is 0 Å². The van der Waals surface area contributed by atoms with E-state index in [4.69, 9.17) is 10.5 Å². The Hall–Kier alpha value is -2.89. The van der Waals surface area contributed by atoms with Crippen molar-refractivity contribution in [2.24, 2.45) is 11.7 Å². The van der Waals surface area contributed by atoms with Crippen LogP contribution in [0.1, 0.15) is 17.5 Å². The van der Waals surface area contributed by atoms with Crippen molar-refractivity contribution in [2.45, 2.75) is 19.3 Å². The van der Waals surface area contributed by atoms with E-state index in [1.54, 1.807) is 17.0 Å². The Kier molecular flexibility index (Phi) is 5.21. The summed E-state index contributed by atoms with van der Waals surface area (Å²) in [5.74, 6) is -1.19. The van der Waals surface area contributed by atoms with E-state index in [1.807, 2.05) is 24.3 Å². The minimum absolute atomic E-state index is 0.111. The second-order valence-electron chi connectivity index (χ2n) is 6.41. The molecule has 1 aliphatic rings. The lowest BCUT2D eigenvalue weighted by molar-refractivity contribution is -0.122. The van der Waals surface area contributed by atoms with Crippen LogP contribution in [0.15, 0.2) is 42.5 Å². The highest BCUT2D eigenvalue weighted by Gasteiger charge is 2.30. The molecule has 26 heavy (non-hydrogen) atoms. The third-order valence-corrected chi connectivity index (χ3v) is 4.70. The van der Waals surface area contributed by atoms with Gasteiger partial charge < -0.3 is 15.4 Å². The quantitative estimate of drug-likeness (QED) is 0.894. The van der Waals surface area contributed by atoms with Gasteiger partial charge in [-0.1, -0.05) is 24.3 Å². The Morgan fingerprint density at radius 1 is 1.27 bits per heavy atom.